The summed E-state index contributed by atoms with van der Waals surface area (Å²) < 4.78 is 0. The lowest BCUT2D eigenvalue weighted by molar-refractivity contribution is 0.0771. The topological polar surface area (TPSA) is 48.5 Å². The zero-order chi connectivity index (χ0) is 15.8. The Morgan fingerprint density at radius 2 is 1.91 bits per heavy atom. The largest absolute Gasteiger partial charge is 0.359 e. The molecule has 0 unspecified atom stereocenters. The molecule has 4 rings (SSSR count). The number of amides is 1. The molecule has 0 radical (unpaired) electrons. The van der Waals surface area contributed by atoms with Gasteiger partial charge in [-0.2, -0.15) is 0 Å². The molecule has 5 nitrogen and oxygen atoms in total. The average Bonchev–Trinajstić information content (AvgIpc) is 3.04. The lowest BCUT2D eigenvalue weighted by Crippen LogP contribution is -2.35. The summed E-state index contributed by atoms with van der Waals surface area (Å²) in [5.74, 6) is 1.61. The molecule has 1 aliphatic carbocycles. The van der Waals surface area contributed by atoms with E-state index in [1.54, 1.807) is 11.3 Å². The molecule has 23 heavy (non-hydrogen) atoms. The van der Waals surface area contributed by atoms with E-state index < -0.39 is 0 Å². The van der Waals surface area contributed by atoms with Crippen molar-refractivity contribution in [2.45, 2.75) is 38.1 Å². The summed E-state index contributed by atoms with van der Waals surface area (Å²) in [6, 6.07) is 0.588. The maximum Gasteiger partial charge on any atom is 0.273 e. The van der Waals surface area contributed by atoms with E-state index in [-0.39, 0.29) is 5.91 Å². The fourth-order valence-corrected chi connectivity index (χ4v) is 4.62. The van der Waals surface area contributed by atoms with E-state index in [1.807, 2.05) is 10.3 Å². The van der Waals surface area contributed by atoms with Crippen molar-refractivity contribution in [1.82, 2.24) is 14.8 Å². The molecule has 2 aliphatic heterocycles. The standard InChI is InChI=1S/C17H26N4OS/c1-20-7-4-12(5-8-20)13-6-9-21(10-13)16(22)15-11-23-17(19-15)18-14-2-3-14/h11-14H,2-10H2,1H3,(H,18,19)/t13-/m1/s1. The van der Waals surface area contributed by atoms with Gasteiger partial charge in [-0.3, -0.25) is 4.79 Å². The van der Waals surface area contributed by atoms with Gasteiger partial charge in [-0.1, -0.05) is 0 Å². The number of nitrogens with one attached hydrogen (secondary N) is 1. The summed E-state index contributed by atoms with van der Waals surface area (Å²) in [6.07, 6.45) is 6.20. The summed E-state index contributed by atoms with van der Waals surface area (Å²) in [5.41, 5.74) is 0.627. The van der Waals surface area contributed by atoms with Gasteiger partial charge in [0, 0.05) is 24.5 Å². The molecule has 0 spiro atoms. The highest BCUT2D eigenvalue weighted by Crippen LogP contribution is 2.32. The fourth-order valence-electron chi connectivity index (χ4n) is 3.86. The Balaban J connectivity index is 1.33. The number of hydrogen-bond donors (Lipinski definition) is 1. The summed E-state index contributed by atoms with van der Waals surface area (Å²) in [7, 11) is 2.20. The maximum absolute atomic E-state index is 12.7. The molecular weight excluding hydrogens is 308 g/mol. The minimum Gasteiger partial charge on any atom is -0.359 e. The van der Waals surface area contributed by atoms with E-state index in [2.05, 4.69) is 22.2 Å². The Morgan fingerprint density at radius 1 is 1.17 bits per heavy atom. The molecule has 1 aromatic rings. The Kier molecular flexibility index (Phi) is 4.28. The van der Waals surface area contributed by atoms with Crippen molar-refractivity contribution in [1.29, 1.82) is 0 Å². The first-order chi connectivity index (χ1) is 11.2. The molecule has 3 aliphatic rings. The molecule has 1 amide bonds. The Hall–Kier alpha value is -1.14. The predicted octanol–water partition coefficient (Wildman–Crippen LogP) is 2.52. The van der Waals surface area contributed by atoms with Crippen LogP contribution in [0.1, 0.15) is 42.6 Å². The lowest BCUT2D eigenvalue weighted by Gasteiger charge is -2.32. The maximum atomic E-state index is 12.7. The number of anilines is 1. The van der Waals surface area contributed by atoms with Crippen LogP contribution in [0.4, 0.5) is 5.13 Å². The second-order valence-electron chi connectivity index (χ2n) is 7.40. The van der Waals surface area contributed by atoms with Gasteiger partial charge in [-0.15, -0.1) is 11.3 Å². The minimum absolute atomic E-state index is 0.125. The van der Waals surface area contributed by atoms with Crippen LogP contribution in [0.3, 0.4) is 0 Å². The highest BCUT2D eigenvalue weighted by molar-refractivity contribution is 7.13. The molecule has 1 atom stereocenters. The van der Waals surface area contributed by atoms with E-state index >= 15 is 0 Å². The summed E-state index contributed by atoms with van der Waals surface area (Å²) >= 11 is 1.56. The van der Waals surface area contributed by atoms with Crippen LogP contribution in [0.15, 0.2) is 5.38 Å². The quantitative estimate of drug-likeness (QED) is 0.919. The van der Waals surface area contributed by atoms with E-state index in [0.717, 1.165) is 30.6 Å². The van der Waals surface area contributed by atoms with Crippen LogP contribution >= 0.6 is 11.3 Å². The third-order valence-corrected chi connectivity index (χ3v) is 6.34. The lowest BCUT2D eigenvalue weighted by atomic mass is 9.84. The fraction of sp³-hybridized carbons (Fsp3) is 0.765. The van der Waals surface area contributed by atoms with Crippen LogP contribution in [0.2, 0.25) is 0 Å². The highest BCUT2D eigenvalue weighted by atomic mass is 32.1. The number of likely N-dealkylation sites (tertiary alicyclic amines) is 2. The second-order valence-corrected chi connectivity index (χ2v) is 8.26. The van der Waals surface area contributed by atoms with Crippen LogP contribution in [-0.4, -0.2) is 60.0 Å². The molecule has 0 aromatic carbocycles. The molecule has 1 saturated carbocycles. The molecule has 6 heteroatoms. The van der Waals surface area contributed by atoms with Crippen molar-refractivity contribution >= 4 is 22.4 Å². The number of carbonyl (C=O) groups excluding carboxylic acids is 1. The first-order valence-electron chi connectivity index (χ1n) is 8.89. The summed E-state index contributed by atoms with van der Waals surface area (Å²) in [4.78, 5) is 21.6. The monoisotopic (exact) mass is 334 g/mol. The molecule has 1 aromatic heterocycles. The second kappa shape index (κ2) is 6.40. The van der Waals surface area contributed by atoms with Gasteiger partial charge in [0.25, 0.3) is 5.91 Å². The number of nitrogens with zero attached hydrogens (tertiary/aromatic N) is 3. The molecule has 126 valence electrons. The predicted molar refractivity (Wildman–Crippen MR) is 93.0 cm³/mol. The third kappa shape index (κ3) is 3.53. The summed E-state index contributed by atoms with van der Waals surface area (Å²) in [5, 5.41) is 6.20. The van der Waals surface area contributed by atoms with Gasteiger partial charge < -0.3 is 15.1 Å². The van der Waals surface area contributed by atoms with Crippen molar-refractivity contribution in [3.63, 3.8) is 0 Å². The van der Waals surface area contributed by atoms with Crippen LogP contribution < -0.4 is 5.32 Å². The van der Waals surface area contributed by atoms with Crippen molar-refractivity contribution < 1.29 is 4.79 Å². The summed E-state index contributed by atoms with van der Waals surface area (Å²) in [6.45, 7) is 4.24. The first kappa shape index (κ1) is 15.4. The number of rotatable bonds is 4. The minimum atomic E-state index is 0.125. The van der Waals surface area contributed by atoms with Crippen molar-refractivity contribution in [3.8, 4) is 0 Å². The van der Waals surface area contributed by atoms with Crippen LogP contribution in [0.5, 0.6) is 0 Å². The SMILES string of the molecule is CN1CCC([C@@H]2CCN(C(=O)c3csc(NC4CC4)n3)C2)CC1. The zero-order valence-corrected chi connectivity index (χ0v) is 14.6. The van der Waals surface area contributed by atoms with Crippen LogP contribution in [0, 0.1) is 11.8 Å². The molecule has 3 fully saturated rings. The number of aromatic nitrogens is 1. The normalized spacial score (nSPS) is 26.7. The Bertz CT molecular complexity index is 563. The molecular formula is C17H26N4OS. The molecule has 0 bridgehead atoms. The first-order valence-corrected chi connectivity index (χ1v) is 9.77. The van der Waals surface area contributed by atoms with Gasteiger partial charge >= 0.3 is 0 Å². The molecule has 2 saturated heterocycles. The Labute approximate surface area is 142 Å². The van der Waals surface area contributed by atoms with Gasteiger partial charge in [0.2, 0.25) is 0 Å². The van der Waals surface area contributed by atoms with Gasteiger partial charge in [0.05, 0.1) is 0 Å². The van der Waals surface area contributed by atoms with Crippen molar-refractivity contribution in [2.24, 2.45) is 11.8 Å². The van der Waals surface area contributed by atoms with Crippen LogP contribution in [0.25, 0.3) is 0 Å². The van der Waals surface area contributed by atoms with Gasteiger partial charge in [-0.25, -0.2) is 4.98 Å². The molecule has 1 N–H and O–H groups in total. The van der Waals surface area contributed by atoms with E-state index in [9.17, 15) is 4.79 Å². The number of hydrogen-bond acceptors (Lipinski definition) is 5. The van der Waals surface area contributed by atoms with Crippen molar-refractivity contribution in [2.75, 3.05) is 38.5 Å². The third-order valence-electron chi connectivity index (χ3n) is 5.57. The van der Waals surface area contributed by atoms with E-state index in [1.165, 1.54) is 38.8 Å². The van der Waals surface area contributed by atoms with E-state index in [0.29, 0.717) is 17.7 Å². The van der Waals surface area contributed by atoms with Gasteiger partial charge in [-0.05, 0) is 64.1 Å². The number of thiazole rings is 1. The zero-order valence-electron chi connectivity index (χ0n) is 13.8. The number of piperidine rings is 1. The van der Waals surface area contributed by atoms with Crippen LogP contribution in [-0.2, 0) is 0 Å². The smallest absolute Gasteiger partial charge is 0.273 e. The van der Waals surface area contributed by atoms with Gasteiger partial charge in [0.1, 0.15) is 5.69 Å². The van der Waals surface area contributed by atoms with E-state index in [4.69, 9.17) is 0 Å². The van der Waals surface area contributed by atoms with Crippen molar-refractivity contribution in [3.05, 3.63) is 11.1 Å². The Morgan fingerprint density at radius 3 is 2.65 bits per heavy atom. The average molecular weight is 334 g/mol. The van der Waals surface area contributed by atoms with Gasteiger partial charge in [0.15, 0.2) is 5.13 Å². The highest BCUT2D eigenvalue weighted by Gasteiger charge is 2.34. The number of carbonyl (C=O) groups is 1. The molecule has 3 heterocycles.